The fraction of sp³-hybridized carbons (Fsp3) is 0.300. The highest BCUT2D eigenvalue weighted by Crippen LogP contribution is 2.41. The second-order valence-corrected chi connectivity index (χ2v) is 10.1. The van der Waals surface area contributed by atoms with E-state index in [2.05, 4.69) is 13.8 Å². The molecule has 1 aliphatic heterocycles. The zero-order valence-electron chi connectivity index (χ0n) is 21.7. The number of nitrogens with zero attached hydrogens (tertiary/aromatic N) is 3. The first-order chi connectivity index (χ1) is 17.6. The van der Waals surface area contributed by atoms with E-state index in [9.17, 15) is 14.0 Å². The molecular weight excluding hydrogens is 467 g/mol. The molecule has 3 aromatic carbocycles. The molecule has 2 amide bonds. The summed E-state index contributed by atoms with van der Waals surface area (Å²) in [5, 5.41) is 0. The zero-order valence-corrected chi connectivity index (χ0v) is 21.7. The summed E-state index contributed by atoms with van der Waals surface area (Å²) in [7, 11) is 1.70. The number of carbonyl (C=O) groups excluding carboxylic acids is 2. The van der Waals surface area contributed by atoms with Crippen molar-refractivity contribution in [3.8, 4) is 0 Å². The zero-order chi connectivity index (χ0) is 26.7. The van der Waals surface area contributed by atoms with Crippen LogP contribution in [-0.4, -0.2) is 34.6 Å². The van der Waals surface area contributed by atoms with E-state index < -0.39 is 11.6 Å². The lowest BCUT2D eigenvalue weighted by Gasteiger charge is -2.31. The maximum absolute atomic E-state index is 14.0. The van der Waals surface area contributed by atoms with Gasteiger partial charge in [0.15, 0.2) is 11.5 Å². The standard InChI is InChI=1S/C30H33FN4O2/c1-20(2)18-30(25-11-6-5-7-12-25)28(37)35(29(32)33-30)21(3)23-9-8-10-24(17-23)27(36)34(4)19-22-13-15-26(31)16-14-22/h5-17,20-21H,18-19H2,1-4H3,(H2,32,33)/t21-,30+/m1/s1. The van der Waals surface area contributed by atoms with E-state index in [1.807, 2.05) is 43.3 Å². The third-order valence-electron chi connectivity index (χ3n) is 6.76. The molecule has 2 N–H and O–H groups in total. The number of hydrogen-bond donors (Lipinski definition) is 1. The molecule has 0 bridgehead atoms. The van der Waals surface area contributed by atoms with Gasteiger partial charge in [0.05, 0.1) is 6.04 Å². The summed E-state index contributed by atoms with van der Waals surface area (Å²) in [6, 6.07) is 22.4. The molecule has 0 unspecified atom stereocenters. The van der Waals surface area contributed by atoms with Gasteiger partial charge in [-0.25, -0.2) is 9.38 Å². The van der Waals surface area contributed by atoms with Gasteiger partial charge in [0.25, 0.3) is 11.8 Å². The molecule has 4 rings (SSSR count). The molecule has 1 heterocycles. The lowest BCUT2D eigenvalue weighted by atomic mass is 9.82. The Kier molecular flexibility index (Phi) is 7.43. The molecule has 0 radical (unpaired) electrons. The number of aliphatic imine (C=N–C) groups is 1. The topological polar surface area (TPSA) is 79.0 Å². The first-order valence-corrected chi connectivity index (χ1v) is 12.5. The van der Waals surface area contributed by atoms with Crippen LogP contribution in [0.3, 0.4) is 0 Å². The average molecular weight is 501 g/mol. The van der Waals surface area contributed by atoms with Crippen molar-refractivity contribution in [1.29, 1.82) is 0 Å². The lowest BCUT2D eigenvalue weighted by Crippen LogP contribution is -2.44. The smallest absolute Gasteiger partial charge is 0.262 e. The monoisotopic (exact) mass is 500 g/mol. The quantitative estimate of drug-likeness (QED) is 0.458. The fourth-order valence-corrected chi connectivity index (χ4v) is 4.95. The summed E-state index contributed by atoms with van der Waals surface area (Å²) in [5.41, 5.74) is 8.24. The maximum atomic E-state index is 14.0. The van der Waals surface area contributed by atoms with E-state index in [0.717, 1.165) is 16.7 Å². The third-order valence-corrected chi connectivity index (χ3v) is 6.76. The van der Waals surface area contributed by atoms with Gasteiger partial charge in [-0.05, 0) is 60.2 Å². The number of halogens is 1. The molecule has 0 saturated heterocycles. The van der Waals surface area contributed by atoms with Crippen LogP contribution in [0.2, 0.25) is 0 Å². The molecule has 6 nitrogen and oxygen atoms in total. The van der Waals surface area contributed by atoms with E-state index >= 15 is 0 Å². The summed E-state index contributed by atoms with van der Waals surface area (Å²) in [4.78, 5) is 35.0. The van der Waals surface area contributed by atoms with Gasteiger partial charge >= 0.3 is 0 Å². The molecule has 2 atom stereocenters. The number of carbonyl (C=O) groups is 2. The summed E-state index contributed by atoms with van der Waals surface area (Å²) < 4.78 is 13.2. The molecule has 7 heteroatoms. The molecule has 37 heavy (non-hydrogen) atoms. The second kappa shape index (κ2) is 10.5. The molecular formula is C30H33FN4O2. The Balaban J connectivity index is 1.59. The van der Waals surface area contributed by atoms with Crippen molar-refractivity contribution in [2.45, 2.75) is 45.3 Å². The normalized spacial score (nSPS) is 18.2. The van der Waals surface area contributed by atoms with Crippen LogP contribution >= 0.6 is 0 Å². The Morgan fingerprint density at radius 1 is 1.03 bits per heavy atom. The van der Waals surface area contributed by atoms with Crippen LogP contribution in [0.4, 0.5) is 4.39 Å². The SMILES string of the molecule is CC(C)C[C@@]1(c2ccccc2)N=C(N)N([C@H](C)c2cccc(C(=O)N(C)Cc3ccc(F)cc3)c2)C1=O. The number of benzene rings is 3. The largest absolute Gasteiger partial charge is 0.369 e. The van der Waals surface area contributed by atoms with E-state index in [0.29, 0.717) is 18.5 Å². The highest BCUT2D eigenvalue weighted by molar-refractivity contribution is 6.07. The Hall–Kier alpha value is -4.00. The van der Waals surface area contributed by atoms with Crippen molar-refractivity contribution in [2.24, 2.45) is 16.6 Å². The minimum atomic E-state index is -1.07. The van der Waals surface area contributed by atoms with Crippen LogP contribution in [0.1, 0.15) is 60.3 Å². The van der Waals surface area contributed by atoms with Gasteiger partial charge < -0.3 is 10.6 Å². The van der Waals surface area contributed by atoms with Gasteiger partial charge in [0.1, 0.15) is 5.82 Å². The Bertz CT molecular complexity index is 1310. The average Bonchev–Trinajstić information content (AvgIpc) is 3.14. The Morgan fingerprint density at radius 3 is 2.35 bits per heavy atom. The molecule has 1 aliphatic rings. The minimum Gasteiger partial charge on any atom is -0.369 e. The van der Waals surface area contributed by atoms with Crippen LogP contribution in [0.5, 0.6) is 0 Å². The van der Waals surface area contributed by atoms with Crippen molar-refractivity contribution < 1.29 is 14.0 Å². The van der Waals surface area contributed by atoms with Crippen LogP contribution in [0, 0.1) is 11.7 Å². The van der Waals surface area contributed by atoms with Crippen LogP contribution in [0.25, 0.3) is 0 Å². The lowest BCUT2D eigenvalue weighted by molar-refractivity contribution is -0.133. The predicted molar refractivity (Wildman–Crippen MR) is 143 cm³/mol. The number of nitrogens with two attached hydrogens (primary N) is 1. The van der Waals surface area contributed by atoms with E-state index in [1.54, 1.807) is 47.2 Å². The number of rotatable bonds is 8. The van der Waals surface area contributed by atoms with Crippen LogP contribution in [-0.2, 0) is 16.9 Å². The Labute approximate surface area is 217 Å². The van der Waals surface area contributed by atoms with Crippen molar-refractivity contribution in [3.05, 3.63) is 107 Å². The number of guanidine groups is 1. The summed E-state index contributed by atoms with van der Waals surface area (Å²) >= 11 is 0. The molecule has 3 aromatic rings. The maximum Gasteiger partial charge on any atom is 0.262 e. The van der Waals surface area contributed by atoms with Gasteiger partial charge in [0.2, 0.25) is 0 Å². The first-order valence-electron chi connectivity index (χ1n) is 12.5. The molecule has 0 saturated carbocycles. The first kappa shape index (κ1) is 26.1. The molecule has 0 fully saturated rings. The molecule has 0 aromatic heterocycles. The van der Waals surface area contributed by atoms with Crippen molar-refractivity contribution >= 4 is 17.8 Å². The van der Waals surface area contributed by atoms with Crippen molar-refractivity contribution in [3.63, 3.8) is 0 Å². The summed E-state index contributed by atoms with van der Waals surface area (Å²) in [6.07, 6.45) is 0.534. The van der Waals surface area contributed by atoms with Gasteiger partial charge in [-0.2, -0.15) is 0 Å². The van der Waals surface area contributed by atoms with E-state index in [1.165, 1.54) is 12.1 Å². The predicted octanol–water partition coefficient (Wildman–Crippen LogP) is 5.26. The van der Waals surface area contributed by atoms with Crippen molar-refractivity contribution in [1.82, 2.24) is 9.80 Å². The van der Waals surface area contributed by atoms with E-state index in [-0.39, 0.29) is 29.5 Å². The third kappa shape index (κ3) is 5.26. The van der Waals surface area contributed by atoms with Gasteiger partial charge in [0, 0.05) is 19.2 Å². The van der Waals surface area contributed by atoms with Crippen LogP contribution in [0.15, 0.2) is 83.9 Å². The van der Waals surface area contributed by atoms with Gasteiger partial charge in [-0.15, -0.1) is 0 Å². The van der Waals surface area contributed by atoms with Crippen molar-refractivity contribution in [2.75, 3.05) is 7.05 Å². The molecule has 0 aliphatic carbocycles. The van der Waals surface area contributed by atoms with Gasteiger partial charge in [-0.1, -0.05) is 68.4 Å². The second-order valence-electron chi connectivity index (χ2n) is 10.1. The van der Waals surface area contributed by atoms with E-state index in [4.69, 9.17) is 10.7 Å². The number of hydrogen-bond acceptors (Lipinski definition) is 4. The highest BCUT2D eigenvalue weighted by Gasteiger charge is 2.50. The molecule has 0 spiro atoms. The number of amides is 2. The Morgan fingerprint density at radius 2 is 1.70 bits per heavy atom. The highest BCUT2D eigenvalue weighted by atomic mass is 19.1. The summed E-state index contributed by atoms with van der Waals surface area (Å²) in [5.74, 6) is -0.266. The molecule has 192 valence electrons. The fourth-order valence-electron chi connectivity index (χ4n) is 4.95. The minimum absolute atomic E-state index is 0.164. The summed E-state index contributed by atoms with van der Waals surface area (Å²) in [6.45, 7) is 6.36. The van der Waals surface area contributed by atoms with Crippen LogP contribution < -0.4 is 5.73 Å². The van der Waals surface area contributed by atoms with Gasteiger partial charge in [-0.3, -0.25) is 14.5 Å².